The molecule has 1 heterocycles. The summed E-state index contributed by atoms with van der Waals surface area (Å²) in [6.45, 7) is 1.80. The van der Waals surface area contributed by atoms with Gasteiger partial charge in [-0.3, -0.25) is 15.0 Å². The van der Waals surface area contributed by atoms with Crippen molar-refractivity contribution in [1.82, 2.24) is 4.90 Å². The number of benzene rings is 3. The SMILES string of the molecule is N=C(c1ccc(C(=O)Cc2ccc(Cl)cc2C(=O)Nc2ccc(Cl)cc2)cc1)N1CCCC1. The van der Waals surface area contributed by atoms with Crippen LogP contribution in [0.1, 0.15) is 44.7 Å². The summed E-state index contributed by atoms with van der Waals surface area (Å²) in [6.07, 6.45) is 2.27. The molecule has 1 aliphatic heterocycles. The first-order valence-corrected chi connectivity index (χ1v) is 11.5. The molecule has 33 heavy (non-hydrogen) atoms. The Kier molecular flexibility index (Phi) is 7.11. The van der Waals surface area contributed by atoms with Gasteiger partial charge in [-0.05, 0) is 54.8 Å². The Morgan fingerprint density at radius 2 is 1.45 bits per heavy atom. The fourth-order valence-electron chi connectivity index (χ4n) is 3.86. The third kappa shape index (κ3) is 5.62. The highest BCUT2D eigenvalue weighted by Gasteiger charge is 2.18. The van der Waals surface area contributed by atoms with Crippen molar-refractivity contribution in [1.29, 1.82) is 5.41 Å². The molecule has 0 spiro atoms. The van der Waals surface area contributed by atoms with E-state index in [0.29, 0.717) is 38.3 Å². The highest BCUT2D eigenvalue weighted by Crippen LogP contribution is 2.21. The zero-order chi connectivity index (χ0) is 23.4. The number of nitrogens with one attached hydrogen (secondary N) is 2. The minimum atomic E-state index is -0.350. The van der Waals surface area contributed by atoms with Gasteiger partial charge in [0.15, 0.2) is 5.78 Å². The van der Waals surface area contributed by atoms with Gasteiger partial charge in [0.1, 0.15) is 5.84 Å². The molecule has 4 rings (SSSR count). The molecule has 0 aliphatic carbocycles. The first kappa shape index (κ1) is 23.0. The number of carbonyl (C=O) groups is 2. The van der Waals surface area contributed by atoms with Crippen molar-refractivity contribution >= 4 is 46.4 Å². The topological polar surface area (TPSA) is 73.3 Å². The van der Waals surface area contributed by atoms with Crippen LogP contribution in [0.5, 0.6) is 0 Å². The van der Waals surface area contributed by atoms with Gasteiger partial charge in [0, 0.05) is 51.9 Å². The van der Waals surface area contributed by atoms with Gasteiger partial charge < -0.3 is 10.2 Å². The standard InChI is InChI=1S/C26H23Cl2N3O2/c27-20-9-11-22(12-10-20)30-26(33)23-16-21(28)8-7-19(23)15-24(32)17-3-5-18(6-4-17)25(29)31-13-1-2-14-31/h3-12,16,29H,1-2,13-15H2,(H,30,33). The van der Waals surface area contributed by atoms with E-state index in [1.54, 1.807) is 54.6 Å². The molecule has 3 aromatic carbocycles. The molecule has 1 amide bonds. The van der Waals surface area contributed by atoms with Crippen LogP contribution in [0, 0.1) is 5.41 Å². The second-order valence-corrected chi connectivity index (χ2v) is 8.86. The van der Waals surface area contributed by atoms with Gasteiger partial charge in [-0.1, -0.05) is 53.5 Å². The average Bonchev–Trinajstić information content (AvgIpc) is 3.36. The number of anilines is 1. The smallest absolute Gasteiger partial charge is 0.256 e. The van der Waals surface area contributed by atoms with Crippen LogP contribution >= 0.6 is 23.2 Å². The first-order chi connectivity index (χ1) is 15.9. The highest BCUT2D eigenvalue weighted by atomic mass is 35.5. The lowest BCUT2D eigenvalue weighted by atomic mass is 9.97. The average molecular weight is 480 g/mol. The van der Waals surface area contributed by atoms with Crippen molar-refractivity contribution in [2.24, 2.45) is 0 Å². The minimum absolute atomic E-state index is 0.0590. The lowest BCUT2D eigenvalue weighted by molar-refractivity contribution is 0.0992. The number of ketones is 1. The van der Waals surface area contributed by atoms with Crippen LogP contribution in [0.2, 0.25) is 10.0 Å². The Balaban J connectivity index is 1.49. The van der Waals surface area contributed by atoms with E-state index < -0.39 is 0 Å². The first-order valence-electron chi connectivity index (χ1n) is 10.7. The Hall–Kier alpha value is -3.15. The molecule has 0 radical (unpaired) electrons. The number of halogens is 2. The number of likely N-dealkylation sites (tertiary alicyclic amines) is 1. The molecule has 7 heteroatoms. The van der Waals surface area contributed by atoms with Gasteiger partial charge in [-0.15, -0.1) is 0 Å². The van der Waals surface area contributed by atoms with Gasteiger partial charge in [0.25, 0.3) is 5.91 Å². The Bertz CT molecular complexity index is 1190. The van der Waals surface area contributed by atoms with Gasteiger partial charge >= 0.3 is 0 Å². The maximum atomic E-state index is 13.0. The van der Waals surface area contributed by atoms with Crippen LogP contribution in [0.3, 0.4) is 0 Å². The number of Topliss-reactive ketones (excluding diaryl/α,β-unsaturated/α-hetero) is 1. The summed E-state index contributed by atoms with van der Waals surface area (Å²) in [6, 6.07) is 18.8. The van der Waals surface area contributed by atoms with Crippen molar-refractivity contribution in [3.05, 3.63) is 99.0 Å². The maximum Gasteiger partial charge on any atom is 0.256 e. The molecule has 168 valence electrons. The molecule has 0 bridgehead atoms. The van der Waals surface area contributed by atoms with Crippen molar-refractivity contribution in [3.63, 3.8) is 0 Å². The van der Waals surface area contributed by atoms with E-state index >= 15 is 0 Å². The third-order valence-electron chi connectivity index (χ3n) is 5.67. The lowest BCUT2D eigenvalue weighted by Gasteiger charge is -2.18. The molecule has 0 unspecified atom stereocenters. The predicted octanol–water partition coefficient (Wildman–Crippen LogP) is 6.09. The summed E-state index contributed by atoms with van der Waals surface area (Å²) in [5.74, 6) is 0.0273. The van der Waals surface area contributed by atoms with Crippen LogP contribution < -0.4 is 5.32 Å². The summed E-state index contributed by atoms with van der Waals surface area (Å²) >= 11 is 12.0. The van der Waals surface area contributed by atoms with E-state index in [1.807, 2.05) is 12.1 Å². The summed E-state index contributed by atoms with van der Waals surface area (Å²) in [5, 5.41) is 12.2. The molecule has 1 fully saturated rings. The van der Waals surface area contributed by atoms with Gasteiger partial charge in [0.2, 0.25) is 0 Å². The van der Waals surface area contributed by atoms with E-state index in [-0.39, 0.29) is 18.1 Å². The molecule has 5 nitrogen and oxygen atoms in total. The van der Waals surface area contributed by atoms with Crippen LogP contribution in [0.4, 0.5) is 5.69 Å². The van der Waals surface area contributed by atoms with Crippen LogP contribution in [0.25, 0.3) is 0 Å². The number of carbonyl (C=O) groups excluding carboxylic acids is 2. The molecule has 2 N–H and O–H groups in total. The van der Waals surface area contributed by atoms with Gasteiger partial charge in [0.05, 0.1) is 0 Å². The van der Waals surface area contributed by atoms with E-state index in [4.69, 9.17) is 28.6 Å². The van der Waals surface area contributed by atoms with E-state index in [1.165, 1.54) is 0 Å². The van der Waals surface area contributed by atoms with Crippen LogP contribution in [-0.4, -0.2) is 35.5 Å². The Labute approximate surface area is 202 Å². The summed E-state index contributed by atoms with van der Waals surface area (Å²) in [4.78, 5) is 27.9. The molecular formula is C26H23Cl2N3O2. The number of amidine groups is 1. The largest absolute Gasteiger partial charge is 0.357 e. The van der Waals surface area contributed by atoms with Crippen LogP contribution in [0.15, 0.2) is 66.7 Å². The number of rotatable bonds is 6. The highest BCUT2D eigenvalue weighted by molar-refractivity contribution is 6.31. The summed E-state index contributed by atoms with van der Waals surface area (Å²) < 4.78 is 0. The summed E-state index contributed by atoms with van der Waals surface area (Å²) in [7, 11) is 0. The quantitative estimate of drug-likeness (QED) is 0.255. The lowest BCUT2D eigenvalue weighted by Crippen LogP contribution is -2.27. The van der Waals surface area contributed by atoms with E-state index in [9.17, 15) is 9.59 Å². The Morgan fingerprint density at radius 1 is 0.848 bits per heavy atom. The van der Waals surface area contributed by atoms with Crippen molar-refractivity contribution in [3.8, 4) is 0 Å². The number of hydrogen-bond acceptors (Lipinski definition) is 3. The Morgan fingerprint density at radius 3 is 2.12 bits per heavy atom. The number of amides is 1. The molecule has 1 saturated heterocycles. The van der Waals surface area contributed by atoms with Crippen molar-refractivity contribution < 1.29 is 9.59 Å². The second kappa shape index (κ2) is 10.2. The van der Waals surface area contributed by atoms with E-state index in [2.05, 4.69) is 10.2 Å². The molecular weight excluding hydrogens is 457 g/mol. The second-order valence-electron chi connectivity index (χ2n) is 7.98. The third-order valence-corrected chi connectivity index (χ3v) is 6.16. The summed E-state index contributed by atoms with van der Waals surface area (Å²) in [5.41, 5.74) is 2.86. The predicted molar refractivity (Wildman–Crippen MR) is 133 cm³/mol. The van der Waals surface area contributed by atoms with Gasteiger partial charge in [-0.25, -0.2) is 0 Å². The number of hydrogen-bond donors (Lipinski definition) is 2. The number of nitrogens with zero attached hydrogens (tertiary/aromatic N) is 1. The fraction of sp³-hybridized carbons (Fsp3) is 0.192. The monoisotopic (exact) mass is 479 g/mol. The zero-order valence-corrected chi connectivity index (χ0v) is 19.4. The van der Waals surface area contributed by atoms with Crippen molar-refractivity contribution in [2.45, 2.75) is 19.3 Å². The molecule has 3 aromatic rings. The van der Waals surface area contributed by atoms with E-state index in [0.717, 1.165) is 31.5 Å². The minimum Gasteiger partial charge on any atom is -0.357 e. The van der Waals surface area contributed by atoms with Gasteiger partial charge in [-0.2, -0.15) is 0 Å². The normalized spacial score (nSPS) is 13.1. The zero-order valence-electron chi connectivity index (χ0n) is 17.9. The molecule has 0 saturated carbocycles. The maximum absolute atomic E-state index is 13.0. The van der Waals surface area contributed by atoms with Crippen LogP contribution in [-0.2, 0) is 6.42 Å². The fourth-order valence-corrected chi connectivity index (χ4v) is 4.16. The molecule has 0 atom stereocenters. The molecule has 1 aliphatic rings. The van der Waals surface area contributed by atoms with Crippen molar-refractivity contribution in [2.75, 3.05) is 18.4 Å². The molecule has 0 aromatic heterocycles.